The van der Waals surface area contributed by atoms with Gasteiger partial charge in [0.15, 0.2) is 5.96 Å². The molecule has 5 nitrogen and oxygen atoms in total. The van der Waals surface area contributed by atoms with E-state index in [2.05, 4.69) is 37.5 Å². The fraction of sp³-hybridized carbons (Fsp3) is 0.500. The Labute approximate surface area is 156 Å². The lowest BCUT2D eigenvalue weighted by Gasteiger charge is -2.20. The molecule has 2 aromatic rings. The van der Waals surface area contributed by atoms with Gasteiger partial charge in [0.25, 0.3) is 0 Å². The number of hydrogen-bond acceptors (Lipinski definition) is 5. The monoisotopic (exact) mass is 451 g/mol. The van der Waals surface area contributed by atoms with Crippen LogP contribution in [-0.4, -0.2) is 34.9 Å². The Balaban J connectivity index is 0.00000242. The van der Waals surface area contributed by atoms with E-state index in [-0.39, 0.29) is 24.0 Å². The van der Waals surface area contributed by atoms with Crippen molar-refractivity contribution in [1.29, 1.82) is 0 Å². The molecule has 0 unspecified atom stereocenters. The van der Waals surface area contributed by atoms with E-state index in [9.17, 15) is 0 Å². The summed E-state index contributed by atoms with van der Waals surface area (Å²) in [4.78, 5) is 16.7. The van der Waals surface area contributed by atoms with Gasteiger partial charge in [0.2, 0.25) is 0 Å². The molecule has 0 aliphatic carbocycles. The second kappa shape index (κ2) is 8.78. The molecular formula is C14H22IN5S2. The first-order valence-electron chi connectivity index (χ1n) is 6.75. The number of nitrogens with one attached hydrogen (secondary N) is 1. The molecule has 22 heavy (non-hydrogen) atoms. The first kappa shape index (κ1) is 19.3. The molecule has 0 amide bonds. The summed E-state index contributed by atoms with van der Waals surface area (Å²) in [6, 6.07) is 0. The number of aryl methyl sites for hydroxylation is 3. The summed E-state index contributed by atoms with van der Waals surface area (Å²) in [5.41, 5.74) is 2.18. The van der Waals surface area contributed by atoms with Gasteiger partial charge < -0.3 is 10.2 Å². The van der Waals surface area contributed by atoms with Crippen LogP contribution in [0, 0.1) is 20.8 Å². The molecule has 0 bridgehead atoms. The molecule has 0 aliphatic rings. The van der Waals surface area contributed by atoms with Crippen LogP contribution in [0.5, 0.6) is 0 Å². The van der Waals surface area contributed by atoms with Gasteiger partial charge in [0.05, 0.1) is 29.5 Å². The Bertz CT molecular complexity index is 615. The van der Waals surface area contributed by atoms with Crippen LogP contribution in [0.25, 0.3) is 0 Å². The zero-order valence-electron chi connectivity index (χ0n) is 13.5. The van der Waals surface area contributed by atoms with Crippen LogP contribution in [0.3, 0.4) is 0 Å². The highest BCUT2D eigenvalue weighted by Gasteiger charge is 2.10. The van der Waals surface area contributed by atoms with Crippen LogP contribution in [0.2, 0.25) is 0 Å². The standard InChI is InChI=1S/C14H21N5S2.HI/c1-9-10(2)21-13(17-9)6-16-14(15-4)19(5)7-12-8-20-11(3)18-12;/h8H,6-7H2,1-5H3,(H,15,16);1H. The molecule has 0 aliphatic heterocycles. The molecule has 2 rings (SSSR count). The van der Waals surface area contributed by atoms with E-state index in [0.29, 0.717) is 6.54 Å². The summed E-state index contributed by atoms with van der Waals surface area (Å²) in [6.07, 6.45) is 0. The number of thiazole rings is 2. The average Bonchev–Trinajstić information content (AvgIpc) is 2.97. The summed E-state index contributed by atoms with van der Waals surface area (Å²) in [7, 11) is 3.81. The Morgan fingerprint density at radius 1 is 1.32 bits per heavy atom. The van der Waals surface area contributed by atoms with Crippen LogP contribution in [0.1, 0.15) is 26.3 Å². The van der Waals surface area contributed by atoms with Gasteiger partial charge in [0.1, 0.15) is 5.01 Å². The lowest BCUT2D eigenvalue weighted by Crippen LogP contribution is -2.38. The number of hydrogen-bond donors (Lipinski definition) is 1. The molecule has 0 spiro atoms. The summed E-state index contributed by atoms with van der Waals surface area (Å²) in [5.74, 6) is 0.853. The summed E-state index contributed by atoms with van der Waals surface area (Å²) in [5, 5.41) is 7.62. The van der Waals surface area contributed by atoms with Gasteiger partial charge in [-0.2, -0.15) is 0 Å². The number of halogens is 1. The third kappa shape index (κ3) is 5.17. The van der Waals surface area contributed by atoms with Crippen molar-refractivity contribution in [3.05, 3.63) is 31.7 Å². The molecule has 2 heterocycles. The largest absolute Gasteiger partial charge is 0.350 e. The topological polar surface area (TPSA) is 53.4 Å². The number of guanidine groups is 1. The van der Waals surface area contributed by atoms with E-state index >= 15 is 0 Å². The lowest BCUT2D eigenvalue weighted by molar-refractivity contribution is 0.470. The lowest BCUT2D eigenvalue weighted by atomic mass is 10.4. The van der Waals surface area contributed by atoms with Crippen LogP contribution in [0.4, 0.5) is 0 Å². The van der Waals surface area contributed by atoms with Crippen molar-refractivity contribution in [2.45, 2.75) is 33.9 Å². The van der Waals surface area contributed by atoms with Gasteiger partial charge in [-0.25, -0.2) is 9.97 Å². The molecule has 2 aromatic heterocycles. The smallest absolute Gasteiger partial charge is 0.194 e. The minimum atomic E-state index is 0. The third-order valence-electron chi connectivity index (χ3n) is 3.11. The molecule has 0 fully saturated rings. The van der Waals surface area contributed by atoms with Crippen LogP contribution in [-0.2, 0) is 13.1 Å². The van der Waals surface area contributed by atoms with E-state index in [0.717, 1.165) is 33.9 Å². The average molecular weight is 451 g/mol. The van der Waals surface area contributed by atoms with Gasteiger partial charge >= 0.3 is 0 Å². The Morgan fingerprint density at radius 2 is 2.05 bits per heavy atom. The predicted octanol–water partition coefficient (Wildman–Crippen LogP) is 3.35. The van der Waals surface area contributed by atoms with E-state index in [1.54, 1.807) is 29.7 Å². The third-order valence-corrected chi connectivity index (χ3v) is 5.00. The van der Waals surface area contributed by atoms with Crippen molar-refractivity contribution in [2.75, 3.05) is 14.1 Å². The maximum absolute atomic E-state index is 4.53. The maximum Gasteiger partial charge on any atom is 0.194 e. The van der Waals surface area contributed by atoms with Gasteiger partial charge in [-0.3, -0.25) is 4.99 Å². The summed E-state index contributed by atoms with van der Waals surface area (Å²) in [6.45, 7) is 7.61. The van der Waals surface area contributed by atoms with Crippen molar-refractivity contribution in [1.82, 2.24) is 20.2 Å². The molecule has 0 atom stereocenters. The molecule has 122 valence electrons. The minimum absolute atomic E-state index is 0. The van der Waals surface area contributed by atoms with E-state index in [1.807, 2.05) is 20.9 Å². The fourth-order valence-corrected chi connectivity index (χ4v) is 3.43. The van der Waals surface area contributed by atoms with Crippen molar-refractivity contribution < 1.29 is 0 Å². The highest BCUT2D eigenvalue weighted by molar-refractivity contribution is 14.0. The molecule has 0 saturated heterocycles. The first-order valence-corrected chi connectivity index (χ1v) is 8.45. The van der Waals surface area contributed by atoms with Crippen LogP contribution >= 0.6 is 46.7 Å². The zero-order chi connectivity index (χ0) is 15.4. The molecule has 1 N–H and O–H groups in total. The highest BCUT2D eigenvalue weighted by atomic mass is 127. The number of aromatic nitrogens is 2. The van der Waals surface area contributed by atoms with Crippen molar-refractivity contribution >= 4 is 52.6 Å². The summed E-state index contributed by atoms with van der Waals surface area (Å²) >= 11 is 3.40. The number of nitrogens with zero attached hydrogens (tertiary/aromatic N) is 4. The number of rotatable bonds is 4. The Morgan fingerprint density at radius 3 is 2.55 bits per heavy atom. The Hall–Kier alpha value is -0.740. The van der Waals surface area contributed by atoms with E-state index in [4.69, 9.17) is 0 Å². The van der Waals surface area contributed by atoms with Crippen LogP contribution < -0.4 is 5.32 Å². The van der Waals surface area contributed by atoms with Gasteiger partial charge in [-0.05, 0) is 20.8 Å². The van der Waals surface area contributed by atoms with Gasteiger partial charge in [-0.1, -0.05) is 0 Å². The molecule has 0 saturated carbocycles. The van der Waals surface area contributed by atoms with Gasteiger partial charge in [-0.15, -0.1) is 46.7 Å². The predicted molar refractivity (Wildman–Crippen MR) is 106 cm³/mol. The molecule has 0 radical (unpaired) electrons. The van der Waals surface area contributed by atoms with Gasteiger partial charge in [0, 0.05) is 24.4 Å². The fourth-order valence-electron chi connectivity index (χ4n) is 1.95. The molecule has 0 aromatic carbocycles. The van der Waals surface area contributed by atoms with E-state index < -0.39 is 0 Å². The first-order chi connectivity index (χ1) is 9.99. The second-order valence-electron chi connectivity index (χ2n) is 4.86. The molecular weight excluding hydrogens is 429 g/mol. The minimum Gasteiger partial charge on any atom is -0.350 e. The normalized spacial score (nSPS) is 11.2. The van der Waals surface area contributed by atoms with Crippen molar-refractivity contribution in [2.24, 2.45) is 4.99 Å². The number of aliphatic imine (C=N–C) groups is 1. The van der Waals surface area contributed by atoms with E-state index in [1.165, 1.54) is 4.88 Å². The SMILES string of the molecule is CN=C(NCc1nc(C)c(C)s1)N(C)Cc1csc(C)n1.I. The second-order valence-corrected chi connectivity index (χ2v) is 7.21. The van der Waals surface area contributed by atoms with Crippen LogP contribution in [0.15, 0.2) is 10.4 Å². The summed E-state index contributed by atoms with van der Waals surface area (Å²) < 4.78 is 0. The van der Waals surface area contributed by atoms with Crippen molar-refractivity contribution in [3.63, 3.8) is 0 Å². The zero-order valence-corrected chi connectivity index (χ0v) is 17.5. The quantitative estimate of drug-likeness (QED) is 0.440. The maximum atomic E-state index is 4.53. The molecule has 8 heteroatoms. The van der Waals surface area contributed by atoms with Crippen molar-refractivity contribution in [3.8, 4) is 0 Å². The Kier molecular flexibility index (Phi) is 7.70. The highest BCUT2D eigenvalue weighted by Crippen LogP contribution is 2.16.